The van der Waals surface area contributed by atoms with Crippen LogP contribution in [0.15, 0.2) is 46.6 Å². The van der Waals surface area contributed by atoms with Crippen LogP contribution in [-0.2, 0) is 9.59 Å². The van der Waals surface area contributed by atoms with Gasteiger partial charge in [-0.3, -0.25) is 14.6 Å². The predicted octanol–water partition coefficient (Wildman–Crippen LogP) is 3.94. The van der Waals surface area contributed by atoms with E-state index >= 15 is 0 Å². The normalized spacial score (nSPS) is 16.2. The second-order valence-corrected chi connectivity index (χ2v) is 6.94. The summed E-state index contributed by atoms with van der Waals surface area (Å²) in [7, 11) is 0. The summed E-state index contributed by atoms with van der Waals surface area (Å²) >= 11 is 0. The Hall–Kier alpha value is -2.49. The van der Waals surface area contributed by atoms with Gasteiger partial charge in [-0.1, -0.05) is 43.2 Å². The van der Waals surface area contributed by atoms with E-state index in [4.69, 9.17) is 0 Å². The van der Waals surface area contributed by atoms with E-state index in [1.807, 2.05) is 34.6 Å². The number of carbonyl (C=O) groups is 2. The van der Waals surface area contributed by atoms with Crippen LogP contribution in [0, 0.1) is 19.8 Å². The van der Waals surface area contributed by atoms with Crippen molar-refractivity contribution in [2.45, 2.75) is 40.7 Å². The van der Waals surface area contributed by atoms with Crippen molar-refractivity contribution in [2.75, 3.05) is 6.54 Å². The maximum atomic E-state index is 12.9. The molecule has 1 unspecified atom stereocenters. The standard InChI is InChI=1S/C21H26N2O2/c1-13(2)20(24)19-12-23(21(25)18(19)7-8-22-6)16(5)17-10-14(3)9-15(4)11-17/h7-11,13,16H,6,12H2,1-5H3/b8-7-. The van der Waals surface area contributed by atoms with Crippen LogP contribution >= 0.6 is 0 Å². The molecule has 0 bridgehead atoms. The molecular weight excluding hydrogens is 312 g/mol. The fraction of sp³-hybridized carbons (Fsp3) is 0.381. The van der Waals surface area contributed by atoms with Crippen molar-refractivity contribution in [3.63, 3.8) is 0 Å². The quantitative estimate of drug-likeness (QED) is 0.738. The van der Waals surface area contributed by atoms with E-state index < -0.39 is 0 Å². The summed E-state index contributed by atoms with van der Waals surface area (Å²) in [5.74, 6) is -0.276. The van der Waals surface area contributed by atoms with Gasteiger partial charge in [0.25, 0.3) is 5.91 Å². The van der Waals surface area contributed by atoms with Gasteiger partial charge >= 0.3 is 0 Å². The molecule has 132 valence electrons. The van der Waals surface area contributed by atoms with Gasteiger partial charge in [-0.2, -0.15) is 0 Å². The lowest BCUT2D eigenvalue weighted by Gasteiger charge is -2.26. The number of amides is 1. The Kier molecular flexibility index (Phi) is 5.73. The van der Waals surface area contributed by atoms with Gasteiger partial charge in [0.1, 0.15) is 0 Å². The van der Waals surface area contributed by atoms with Crippen LogP contribution in [0.25, 0.3) is 0 Å². The van der Waals surface area contributed by atoms with Gasteiger partial charge in [0.15, 0.2) is 5.78 Å². The first-order chi connectivity index (χ1) is 11.8. The average molecular weight is 338 g/mol. The molecular formula is C21H26N2O2. The van der Waals surface area contributed by atoms with E-state index in [9.17, 15) is 9.59 Å². The first-order valence-electron chi connectivity index (χ1n) is 8.55. The molecule has 1 amide bonds. The highest BCUT2D eigenvalue weighted by atomic mass is 16.2. The third-order valence-corrected chi connectivity index (χ3v) is 4.51. The van der Waals surface area contributed by atoms with Crippen LogP contribution < -0.4 is 0 Å². The summed E-state index contributed by atoms with van der Waals surface area (Å²) < 4.78 is 0. The van der Waals surface area contributed by atoms with Gasteiger partial charge in [0.05, 0.1) is 12.6 Å². The molecule has 2 rings (SSSR count). The van der Waals surface area contributed by atoms with Gasteiger partial charge in [-0.25, -0.2) is 0 Å². The fourth-order valence-electron chi connectivity index (χ4n) is 3.21. The zero-order valence-corrected chi connectivity index (χ0v) is 15.7. The van der Waals surface area contributed by atoms with Crippen molar-refractivity contribution in [1.82, 2.24) is 4.90 Å². The van der Waals surface area contributed by atoms with Crippen LogP contribution in [0.4, 0.5) is 0 Å². The number of aliphatic imine (C=N–C) groups is 1. The molecule has 25 heavy (non-hydrogen) atoms. The Morgan fingerprint density at radius 1 is 1.20 bits per heavy atom. The minimum Gasteiger partial charge on any atom is -0.327 e. The summed E-state index contributed by atoms with van der Waals surface area (Å²) in [4.78, 5) is 30.9. The van der Waals surface area contributed by atoms with Crippen molar-refractivity contribution in [3.05, 3.63) is 58.3 Å². The molecule has 1 heterocycles. The molecule has 4 nitrogen and oxygen atoms in total. The van der Waals surface area contributed by atoms with E-state index in [1.165, 1.54) is 6.20 Å². The number of rotatable bonds is 6. The van der Waals surface area contributed by atoms with Gasteiger partial charge in [-0.05, 0) is 39.1 Å². The molecule has 1 aliphatic heterocycles. The van der Waals surface area contributed by atoms with Gasteiger partial charge in [-0.15, -0.1) is 0 Å². The highest BCUT2D eigenvalue weighted by molar-refractivity contribution is 6.11. The molecule has 1 aliphatic rings. The highest BCUT2D eigenvalue weighted by Gasteiger charge is 2.36. The van der Waals surface area contributed by atoms with Gasteiger partial charge in [0.2, 0.25) is 0 Å². The second kappa shape index (κ2) is 7.60. The molecule has 0 saturated heterocycles. The Morgan fingerprint density at radius 3 is 2.32 bits per heavy atom. The summed E-state index contributed by atoms with van der Waals surface area (Å²) in [5, 5.41) is 0. The first kappa shape index (κ1) is 18.8. The molecule has 0 aromatic heterocycles. The summed E-state index contributed by atoms with van der Waals surface area (Å²) in [5.41, 5.74) is 4.40. The smallest absolute Gasteiger partial charge is 0.255 e. The first-order valence-corrected chi connectivity index (χ1v) is 8.55. The maximum absolute atomic E-state index is 12.9. The third-order valence-electron chi connectivity index (χ3n) is 4.51. The number of benzene rings is 1. The van der Waals surface area contributed by atoms with Crippen LogP contribution in [0.1, 0.15) is 43.5 Å². The van der Waals surface area contributed by atoms with Crippen LogP contribution in [0.5, 0.6) is 0 Å². The van der Waals surface area contributed by atoms with E-state index in [0.717, 1.165) is 16.7 Å². The molecule has 0 radical (unpaired) electrons. The Labute approximate surface area is 149 Å². The van der Waals surface area contributed by atoms with Crippen molar-refractivity contribution in [1.29, 1.82) is 0 Å². The zero-order valence-electron chi connectivity index (χ0n) is 15.7. The van der Waals surface area contributed by atoms with E-state index in [0.29, 0.717) is 17.7 Å². The molecule has 0 aliphatic carbocycles. The third kappa shape index (κ3) is 3.95. The zero-order chi connectivity index (χ0) is 18.7. The number of hydrogen-bond acceptors (Lipinski definition) is 3. The lowest BCUT2D eigenvalue weighted by Crippen LogP contribution is -2.31. The molecule has 1 aromatic rings. The van der Waals surface area contributed by atoms with Gasteiger partial charge in [0, 0.05) is 23.3 Å². The molecule has 4 heteroatoms. The topological polar surface area (TPSA) is 49.7 Å². The van der Waals surface area contributed by atoms with Crippen LogP contribution in [0.2, 0.25) is 0 Å². The van der Waals surface area contributed by atoms with Crippen LogP contribution in [-0.4, -0.2) is 29.9 Å². The number of hydrogen-bond donors (Lipinski definition) is 0. The van der Waals surface area contributed by atoms with Crippen molar-refractivity contribution < 1.29 is 9.59 Å². The average Bonchev–Trinajstić information content (AvgIpc) is 2.87. The van der Waals surface area contributed by atoms with Crippen molar-refractivity contribution >= 4 is 18.4 Å². The van der Waals surface area contributed by atoms with Crippen LogP contribution in [0.3, 0.4) is 0 Å². The van der Waals surface area contributed by atoms with Crippen molar-refractivity contribution in [3.8, 4) is 0 Å². The van der Waals surface area contributed by atoms with E-state index in [2.05, 4.69) is 29.9 Å². The highest BCUT2D eigenvalue weighted by Crippen LogP contribution is 2.31. The van der Waals surface area contributed by atoms with E-state index in [1.54, 1.807) is 11.0 Å². The number of nitrogens with zero attached hydrogens (tertiary/aromatic N) is 2. The number of aryl methyl sites for hydroxylation is 2. The summed E-state index contributed by atoms with van der Waals surface area (Å²) in [6, 6.07) is 6.18. The predicted molar refractivity (Wildman–Crippen MR) is 102 cm³/mol. The van der Waals surface area contributed by atoms with Crippen molar-refractivity contribution in [2.24, 2.45) is 10.9 Å². The minimum atomic E-state index is -0.153. The monoisotopic (exact) mass is 338 g/mol. The van der Waals surface area contributed by atoms with E-state index in [-0.39, 0.29) is 23.7 Å². The van der Waals surface area contributed by atoms with Gasteiger partial charge < -0.3 is 4.90 Å². The lowest BCUT2D eigenvalue weighted by molar-refractivity contribution is -0.127. The minimum absolute atomic E-state index is 0.00665. The number of carbonyl (C=O) groups excluding carboxylic acids is 2. The molecule has 0 N–H and O–H groups in total. The SMILES string of the molecule is C=N/C=C\C1=C(C(=O)C(C)C)CN(C(C)c2cc(C)cc(C)c2)C1=O. The largest absolute Gasteiger partial charge is 0.327 e. The Morgan fingerprint density at radius 2 is 1.80 bits per heavy atom. The molecule has 1 atom stereocenters. The Balaban J connectivity index is 2.39. The maximum Gasteiger partial charge on any atom is 0.255 e. The molecule has 0 saturated carbocycles. The summed E-state index contributed by atoms with van der Waals surface area (Å²) in [6.07, 6.45) is 3.06. The number of ketones is 1. The molecule has 0 spiro atoms. The lowest BCUT2D eigenvalue weighted by atomic mass is 9.98. The number of Topliss-reactive ketones (excluding diaryl/α,β-unsaturated/α-hetero) is 1. The molecule has 1 aromatic carbocycles. The summed E-state index contributed by atoms with van der Waals surface area (Å²) in [6.45, 7) is 13.5. The second-order valence-electron chi connectivity index (χ2n) is 6.94. The Bertz CT molecular complexity index is 752. The molecule has 0 fully saturated rings. The fourth-order valence-corrected chi connectivity index (χ4v) is 3.21.